The van der Waals surface area contributed by atoms with Gasteiger partial charge in [0.15, 0.2) is 0 Å². The molecular formula is C56H58GeIrN4O-2. The van der Waals surface area contributed by atoms with E-state index in [1.54, 1.807) is 12.1 Å². The Kier molecular flexibility index (Phi) is 11.9. The molecule has 0 aliphatic carbocycles. The minimum Gasteiger partial charge on any atom is 0 e. The zero-order chi connectivity index (χ0) is 47.4. The number of pyridine rings is 2. The molecule has 323 valence electrons. The first kappa shape index (κ1) is 40.6. The molecule has 7 heteroatoms. The van der Waals surface area contributed by atoms with Crippen molar-refractivity contribution in [3.8, 4) is 39.5 Å². The average molecular weight is 1070 g/mol. The summed E-state index contributed by atoms with van der Waals surface area (Å²) in [7, 11) is 0. The van der Waals surface area contributed by atoms with Crippen molar-refractivity contribution in [1.82, 2.24) is 19.5 Å². The van der Waals surface area contributed by atoms with E-state index < -0.39 is 20.1 Å². The number of hydrogen-bond donors (Lipinski definition) is 0. The van der Waals surface area contributed by atoms with Crippen LogP contribution in [0.2, 0.25) is 17.3 Å². The van der Waals surface area contributed by atoms with Gasteiger partial charge < -0.3 is 8.98 Å². The van der Waals surface area contributed by atoms with Crippen LogP contribution >= 0.6 is 0 Å². The Morgan fingerprint density at radius 1 is 0.794 bits per heavy atom. The Morgan fingerprint density at radius 2 is 1.49 bits per heavy atom. The van der Waals surface area contributed by atoms with Gasteiger partial charge in [0.2, 0.25) is 0 Å². The van der Waals surface area contributed by atoms with E-state index in [0.29, 0.717) is 0 Å². The minimum absolute atomic E-state index is 0. The smallest absolute Gasteiger partial charge is 0 e. The molecule has 0 spiro atoms. The second-order valence-electron chi connectivity index (χ2n) is 17.9. The summed E-state index contributed by atoms with van der Waals surface area (Å²) in [6.07, 6.45) is 1.60. The number of hydrogen-bond acceptors (Lipinski definition) is 4. The van der Waals surface area contributed by atoms with Gasteiger partial charge in [-0.2, -0.15) is 0 Å². The second kappa shape index (κ2) is 18.5. The Balaban J connectivity index is 0.000000236. The summed E-state index contributed by atoms with van der Waals surface area (Å²) < 4.78 is 40.6. The molecule has 4 aromatic heterocycles. The molecule has 0 fully saturated rings. The minimum atomic E-state index is -2.12. The quantitative estimate of drug-likeness (QED) is 0.112. The first-order valence-electron chi connectivity index (χ1n) is 23.7. The zero-order valence-corrected chi connectivity index (χ0v) is 42.6. The van der Waals surface area contributed by atoms with Crippen molar-refractivity contribution in [3.05, 3.63) is 161 Å². The molecule has 0 saturated heterocycles. The molecule has 0 amide bonds. The van der Waals surface area contributed by atoms with Crippen molar-refractivity contribution in [2.75, 3.05) is 0 Å². The molecular weight excluding hydrogens is 1010 g/mol. The number of fused-ring (bicyclic) bond motifs is 4. The van der Waals surface area contributed by atoms with Crippen LogP contribution in [0.4, 0.5) is 0 Å². The third-order valence-corrected chi connectivity index (χ3v) is 16.2. The van der Waals surface area contributed by atoms with Gasteiger partial charge in [0.25, 0.3) is 0 Å². The van der Waals surface area contributed by atoms with E-state index in [-0.39, 0.29) is 43.9 Å². The number of imidazole rings is 1. The van der Waals surface area contributed by atoms with Gasteiger partial charge in [-0.3, -0.25) is 9.97 Å². The number of furan rings is 1. The van der Waals surface area contributed by atoms with Crippen molar-refractivity contribution in [2.24, 2.45) is 0 Å². The molecule has 9 rings (SSSR count). The monoisotopic (exact) mass is 1070 g/mol. The predicted molar refractivity (Wildman–Crippen MR) is 264 cm³/mol. The maximum atomic E-state index is 8.13. The summed E-state index contributed by atoms with van der Waals surface area (Å²) in [5.74, 6) is 8.25. The van der Waals surface area contributed by atoms with Crippen LogP contribution < -0.4 is 4.40 Å². The van der Waals surface area contributed by atoms with Crippen molar-refractivity contribution >= 4 is 50.6 Å². The first-order valence-corrected chi connectivity index (χ1v) is 29.0. The number of aryl methyl sites for hydroxylation is 5. The van der Waals surface area contributed by atoms with Gasteiger partial charge in [0.05, 0.1) is 28.1 Å². The van der Waals surface area contributed by atoms with E-state index in [4.69, 9.17) is 19.9 Å². The van der Waals surface area contributed by atoms with Crippen LogP contribution in [0.15, 0.2) is 114 Å². The topological polar surface area (TPSA) is 56.7 Å². The standard InChI is InChI=1S/C39H36N3O.C17H22GeN.Ir/c1-22(2)32-20-28(27-14-9-8-10-15-27)21-33(23(3)4)37(32)42-36-24(5)25(6)40-26(7)35(36)41-39(42)31-18-13-17-30-29-16-11-12-19-34(29)43-38(30)31;1-6-14-11-17(15-9-7-13(2)8-10-15)19-12-16(14)18(3,4)5;/h8-17,19-23H,1-7H3;7-9,11-12H,6H2,1-5H3;/q2*-1;/i;2D3,6D;. The fraction of sp³-hybridized carbons (Fsp3) is 0.268. The van der Waals surface area contributed by atoms with Crippen LogP contribution in [0.5, 0.6) is 0 Å². The molecule has 1 atom stereocenters. The van der Waals surface area contributed by atoms with Gasteiger partial charge in [-0.1, -0.05) is 87.2 Å². The predicted octanol–water partition coefficient (Wildman–Crippen LogP) is 14.6. The summed E-state index contributed by atoms with van der Waals surface area (Å²) in [4.78, 5) is 14.8. The normalized spacial score (nSPS) is 13.3. The van der Waals surface area contributed by atoms with Gasteiger partial charge in [0, 0.05) is 36.9 Å². The van der Waals surface area contributed by atoms with Gasteiger partial charge in [0.1, 0.15) is 5.58 Å². The van der Waals surface area contributed by atoms with Gasteiger partial charge in [-0.05, 0) is 78.6 Å². The number of rotatable bonds is 8. The zero-order valence-electron chi connectivity index (χ0n) is 42.2. The van der Waals surface area contributed by atoms with Crippen molar-refractivity contribution in [3.63, 3.8) is 0 Å². The molecule has 0 aliphatic heterocycles. The molecule has 0 saturated carbocycles. The SMILES string of the molecule is Cc1nc(C)c2nc(-c3[c-]ccc4c3oc3ccccc34)n(-c3c(C(C)C)cc(-c4ccccc4)cc3C(C)C)c2c1C.[2H]C(C)c1cc(-c2[c-]cc(C([2H])([2H])[2H])cc2)nc[c]1[Ge]([CH3])([CH3])[CH3].[Ir]. The maximum absolute atomic E-state index is 8.13. The van der Waals surface area contributed by atoms with Crippen LogP contribution in [0.3, 0.4) is 0 Å². The molecule has 9 aromatic rings. The van der Waals surface area contributed by atoms with Crippen LogP contribution in [0.1, 0.15) is 91.1 Å². The fourth-order valence-electron chi connectivity index (χ4n) is 8.50. The van der Waals surface area contributed by atoms with Crippen LogP contribution in [0.25, 0.3) is 72.4 Å². The number of aromatic nitrogens is 4. The number of nitrogens with zero attached hydrogens (tertiary/aromatic N) is 4. The molecule has 1 radical (unpaired) electrons. The Labute approximate surface area is 395 Å². The molecule has 0 N–H and O–H groups in total. The molecule has 63 heavy (non-hydrogen) atoms. The summed E-state index contributed by atoms with van der Waals surface area (Å²) in [5.41, 5.74) is 16.6. The Morgan fingerprint density at radius 3 is 2.13 bits per heavy atom. The van der Waals surface area contributed by atoms with Gasteiger partial charge in [-0.15, -0.1) is 18.2 Å². The molecule has 0 bridgehead atoms. The summed E-state index contributed by atoms with van der Waals surface area (Å²) >= 11 is -2.09. The van der Waals surface area contributed by atoms with E-state index in [9.17, 15) is 0 Å². The van der Waals surface area contributed by atoms with E-state index in [2.05, 4.69) is 148 Å². The van der Waals surface area contributed by atoms with Crippen molar-refractivity contribution in [2.45, 2.75) is 97.7 Å². The van der Waals surface area contributed by atoms with E-state index >= 15 is 0 Å². The van der Waals surface area contributed by atoms with Gasteiger partial charge in [-0.25, -0.2) is 0 Å². The third kappa shape index (κ3) is 8.88. The van der Waals surface area contributed by atoms with E-state index in [1.165, 1.54) is 38.4 Å². The van der Waals surface area contributed by atoms with Crippen LogP contribution in [0, 0.1) is 39.8 Å². The number of benzene rings is 5. The molecule has 0 aliphatic rings. The molecule has 5 nitrogen and oxygen atoms in total. The Hall–Kier alpha value is -5.14. The summed E-state index contributed by atoms with van der Waals surface area (Å²) in [5, 5.41) is 2.16. The van der Waals surface area contributed by atoms with Gasteiger partial charge >= 0.3 is 124 Å². The maximum Gasteiger partial charge on any atom is 0 e. The first-order chi connectivity index (χ1) is 31.2. The third-order valence-electron chi connectivity index (χ3n) is 11.9. The second-order valence-corrected chi connectivity index (χ2v) is 28.5. The molecule has 1 unspecified atom stereocenters. The van der Waals surface area contributed by atoms with Crippen LogP contribution in [-0.2, 0) is 26.5 Å². The molecule has 5 aromatic carbocycles. The van der Waals surface area contributed by atoms with E-state index in [1.807, 2.05) is 37.4 Å². The van der Waals surface area contributed by atoms with Crippen molar-refractivity contribution < 1.29 is 30.0 Å². The number of para-hydroxylation sites is 1. The summed E-state index contributed by atoms with van der Waals surface area (Å²) in [6, 6.07) is 41.1. The molecule has 4 heterocycles. The Bertz CT molecular complexity index is 3210. The van der Waals surface area contributed by atoms with Crippen molar-refractivity contribution in [1.29, 1.82) is 0 Å². The fourth-order valence-corrected chi connectivity index (χ4v) is 11.7. The van der Waals surface area contributed by atoms with E-state index in [0.717, 1.165) is 78.1 Å². The summed E-state index contributed by atoms with van der Waals surface area (Å²) in [6.45, 7) is 15.2. The largest absolute Gasteiger partial charge is 0 e. The van der Waals surface area contributed by atoms with Crippen LogP contribution in [-0.4, -0.2) is 32.8 Å². The average Bonchev–Trinajstić information content (AvgIpc) is 3.87.